The van der Waals surface area contributed by atoms with E-state index in [1.165, 1.54) is 12.8 Å². The molecule has 2 aliphatic rings. The van der Waals surface area contributed by atoms with E-state index in [1.54, 1.807) is 0 Å². The Kier molecular flexibility index (Phi) is 4.05. The number of aromatic nitrogens is 2. The number of piperidine rings is 1. The van der Waals surface area contributed by atoms with Crippen LogP contribution in [0.2, 0.25) is 0 Å². The molecule has 5 heteroatoms. The molecule has 3 rings (SSSR count). The van der Waals surface area contributed by atoms with Crippen LogP contribution in [0.25, 0.3) is 0 Å². The number of carbonyl (C=O) groups is 1. The lowest BCUT2D eigenvalue weighted by Crippen LogP contribution is -2.40. The average molecular weight is 276 g/mol. The number of hydrogen-bond donors (Lipinski definition) is 2. The minimum absolute atomic E-state index is 0.0926. The van der Waals surface area contributed by atoms with Crippen LogP contribution in [-0.2, 0) is 0 Å². The van der Waals surface area contributed by atoms with Crippen molar-refractivity contribution in [3.05, 3.63) is 17.5 Å². The summed E-state index contributed by atoms with van der Waals surface area (Å²) < 4.78 is 0. The average Bonchev–Trinajstić information content (AvgIpc) is 3.22. The molecule has 110 valence electrons. The zero-order valence-electron chi connectivity index (χ0n) is 12.2. The molecule has 2 fully saturated rings. The number of hydrogen-bond acceptors (Lipinski definition) is 3. The maximum atomic E-state index is 12.4. The van der Waals surface area contributed by atoms with Crippen molar-refractivity contribution in [3.8, 4) is 0 Å². The number of H-pyrrole nitrogens is 1. The van der Waals surface area contributed by atoms with E-state index < -0.39 is 0 Å². The van der Waals surface area contributed by atoms with Gasteiger partial charge in [-0.25, -0.2) is 0 Å². The molecule has 1 aliphatic heterocycles. The van der Waals surface area contributed by atoms with E-state index in [9.17, 15) is 4.79 Å². The van der Waals surface area contributed by atoms with Gasteiger partial charge in [0.1, 0.15) is 5.69 Å². The highest BCUT2D eigenvalue weighted by Crippen LogP contribution is 2.39. The first-order valence-corrected chi connectivity index (χ1v) is 7.83. The quantitative estimate of drug-likeness (QED) is 0.861. The van der Waals surface area contributed by atoms with Gasteiger partial charge in [-0.2, -0.15) is 5.10 Å². The smallest absolute Gasteiger partial charge is 0.274 e. The van der Waals surface area contributed by atoms with Gasteiger partial charge in [-0.15, -0.1) is 0 Å². The minimum Gasteiger partial charge on any atom is -0.337 e. The summed E-state index contributed by atoms with van der Waals surface area (Å²) in [6.07, 6.45) is 4.65. The molecule has 1 amide bonds. The molecular weight excluding hydrogens is 252 g/mol. The summed E-state index contributed by atoms with van der Waals surface area (Å²) in [6, 6.07) is 1.95. The maximum absolute atomic E-state index is 12.4. The molecule has 0 atom stereocenters. The third kappa shape index (κ3) is 3.03. The van der Waals surface area contributed by atoms with Gasteiger partial charge in [0.15, 0.2) is 0 Å². The molecule has 1 saturated heterocycles. The zero-order chi connectivity index (χ0) is 13.9. The van der Waals surface area contributed by atoms with Crippen LogP contribution in [0, 0.1) is 5.92 Å². The molecule has 1 aromatic heterocycles. The highest BCUT2D eigenvalue weighted by molar-refractivity contribution is 5.92. The number of amides is 1. The van der Waals surface area contributed by atoms with Crippen LogP contribution in [-0.4, -0.2) is 47.2 Å². The van der Waals surface area contributed by atoms with Gasteiger partial charge in [0, 0.05) is 24.7 Å². The molecule has 0 bridgehead atoms. The van der Waals surface area contributed by atoms with Gasteiger partial charge in [0.25, 0.3) is 5.91 Å². The van der Waals surface area contributed by atoms with Crippen LogP contribution in [0.15, 0.2) is 6.07 Å². The van der Waals surface area contributed by atoms with Gasteiger partial charge in [-0.05, 0) is 50.8 Å². The third-order valence-electron chi connectivity index (χ3n) is 4.42. The van der Waals surface area contributed by atoms with Crippen LogP contribution < -0.4 is 5.32 Å². The lowest BCUT2D eigenvalue weighted by Gasteiger charge is -2.31. The Morgan fingerprint density at radius 3 is 2.80 bits per heavy atom. The summed E-state index contributed by atoms with van der Waals surface area (Å²) in [7, 11) is 0. The minimum atomic E-state index is 0.0926. The van der Waals surface area contributed by atoms with Gasteiger partial charge in [-0.1, -0.05) is 6.92 Å². The Balaban J connectivity index is 1.52. The van der Waals surface area contributed by atoms with Crippen molar-refractivity contribution in [1.82, 2.24) is 20.4 Å². The summed E-state index contributed by atoms with van der Waals surface area (Å²) in [5.74, 6) is 1.42. The van der Waals surface area contributed by atoms with Crippen molar-refractivity contribution in [1.29, 1.82) is 0 Å². The molecule has 2 heterocycles. The van der Waals surface area contributed by atoms with E-state index in [1.807, 2.05) is 11.0 Å². The molecule has 0 spiro atoms. The molecule has 1 saturated carbocycles. The monoisotopic (exact) mass is 276 g/mol. The molecule has 0 unspecified atom stereocenters. The fourth-order valence-electron chi connectivity index (χ4n) is 2.90. The van der Waals surface area contributed by atoms with E-state index in [2.05, 4.69) is 22.4 Å². The highest BCUT2D eigenvalue weighted by atomic mass is 16.2. The predicted octanol–water partition coefficient (Wildman–Crippen LogP) is 1.75. The van der Waals surface area contributed by atoms with E-state index in [0.717, 1.165) is 44.7 Å². The molecule has 0 aromatic carbocycles. The third-order valence-corrected chi connectivity index (χ3v) is 4.42. The Hall–Kier alpha value is -1.36. The standard InChI is InChI=1S/C15H24N4O/c1-2-16-10-11-5-7-19(8-6-11)15(20)14-9-13(17-18-14)12-3-4-12/h9,11-12,16H,2-8,10H2,1H3,(H,17,18). The Bertz CT molecular complexity index is 458. The van der Waals surface area contributed by atoms with Crippen molar-refractivity contribution in [2.24, 2.45) is 5.92 Å². The summed E-state index contributed by atoms with van der Waals surface area (Å²) >= 11 is 0. The fraction of sp³-hybridized carbons (Fsp3) is 0.733. The fourth-order valence-corrected chi connectivity index (χ4v) is 2.90. The van der Waals surface area contributed by atoms with Gasteiger partial charge >= 0.3 is 0 Å². The molecule has 1 aliphatic carbocycles. The van der Waals surface area contributed by atoms with Gasteiger partial charge < -0.3 is 10.2 Å². The zero-order valence-corrected chi connectivity index (χ0v) is 12.2. The van der Waals surface area contributed by atoms with Crippen molar-refractivity contribution in [2.75, 3.05) is 26.2 Å². The Morgan fingerprint density at radius 2 is 2.15 bits per heavy atom. The number of likely N-dealkylation sites (tertiary alicyclic amines) is 1. The first-order valence-electron chi connectivity index (χ1n) is 7.83. The summed E-state index contributed by atoms with van der Waals surface area (Å²) in [5.41, 5.74) is 1.73. The normalized spacial score (nSPS) is 20.4. The molecule has 1 aromatic rings. The molecule has 2 N–H and O–H groups in total. The van der Waals surface area contributed by atoms with Gasteiger partial charge in [0.2, 0.25) is 0 Å². The second-order valence-corrected chi connectivity index (χ2v) is 6.03. The summed E-state index contributed by atoms with van der Waals surface area (Å²) in [5, 5.41) is 10.6. The molecule has 5 nitrogen and oxygen atoms in total. The highest BCUT2D eigenvalue weighted by Gasteiger charge is 2.29. The van der Waals surface area contributed by atoms with Crippen LogP contribution in [0.4, 0.5) is 0 Å². The molecule has 0 radical (unpaired) electrons. The van der Waals surface area contributed by atoms with Crippen molar-refractivity contribution >= 4 is 5.91 Å². The number of aromatic amines is 1. The first-order chi connectivity index (χ1) is 9.78. The topological polar surface area (TPSA) is 61.0 Å². The van der Waals surface area contributed by atoms with E-state index in [4.69, 9.17) is 0 Å². The maximum Gasteiger partial charge on any atom is 0.274 e. The summed E-state index contributed by atoms with van der Waals surface area (Å²) in [4.78, 5) is 14.4. The van der Waals surface area contributed by atoms with Crippen molar-refractivity contribution in [2.45, 2.75) is 38.5 Å². The molecule has 20 heavy (non-hydrogen) atoms. The molecular formula is C15H24N4O. The first kappa shape index (κ1) is 13.6. The lowest BCUT2D eigenvalue weighted by molar-refractivity contribution is 0.0684. The van der Waals surface area contributed by atoms with Gasteiger partial charge in [-0.3, -0.25) is 9.89 Å². The number of carbonyl (C=O) groups excluding carboxylic acids is 1. The van der Waals surface area contributed by atoms with Crippen LogP contribution in [0.5, 0.6) is 0 Å². The predicted molar refractivity (Wildman–Crippen MR) is 77.7 cm³/mol. The van der Waals surface area contributed by atoms with E-state index in [-0.39, 0.29) is 5.91 Å². The van der Waals surface area contributed by atoms with E-state index in [0.29, 0.717) is 17.5 Å². The number of nitrogens with one attached hydrogen (secondary N) is 2. The van der Waals surface area contributed by atoms with Crippen molar-refractivity contribution < 1.29 is 4.79 Å². The second kappa shape index (κ2) is 5.95. The van der Waals surface area contributed by atoms with Crippen LogP contribution in [0.3, 0.4) is 0 Å². The Morgan fingerprint density at radius 1 is 1.40 bits per heavy atom. The number of rotatable bonds is 5. The number of nitrogens with zero attached hydrogens (tertiary/aromatic N) is 2. The largest absolute Gasteiger partial charge is 0.337 e. The Labute approximate surface area is 120 Å². The van der Waals surface area contributed by atoms with E-state index >= 15 is 0 Å². The van der Waals surface area contributed by atoms with Crippen molar-refractivity contribution in [3.63, 3.8) is 0 Å². The van der Waals surface area contributed by atoms with Crippen LogP contribution in [0.1, 0.15) is 54.7 Å². The lowest BCUT2D eigenvalue weighted by atomic mass is 9.96. The van der Waals surface area contributed by atoms with Gasteiger partial charge in [0.05, 0.1) is 0 Å². The van der Waals surface area contributed by atoms with Crippen LogP contribution >= 0.6 is 0 Å². The SMILES string of the molecule is CCNCC1CCN(C(=O)c2cc(C3CC3)[nH]n2)CC1. The summed E-state index contributed by atoms with van der Waals surface area (Å²) in [6.45, 7) is 5.96. The second-order valence-electron chi connectivity index (χ2n) is 6.03.